The van der Waals surface area contributed by atoms with Gasteiger partial charge in [0, 0.05) is 23.6 Å². The summed E-state index contributed by atoms with van der Waals surface area (Å²) in [6.45, 7) is 0.483. The van der Waals surface area contributed by atoms with Crippen LogP contribution >= 0.6 is 11.6 Å². The summed E-state index contributed by atoms with van der Waals surface area (Å²) in [7, 11) is 3.09. The molecule has 0 fully saturated rings. The third-order valence-electron chi connectivity index (χ3n) is 6.37. The molecule has 5 nitrogen and oxygen atoms in total. The second-order valence-electron chi connectivity index (χ2n) is 7.87. The molecule has 0 saturated heterocycles. The minimum Gasteiger partial charge on any atom is -0.493 e. The Morgan fingerprint density at radius 2 is 1.71 bits per heavy atom. The minimum absolute atomic E-state index is 0.0358. The Hall–Kier alpha value is -3.05. The van der Waals surface area contributed by atoms with Crippen LogP contribution in [0.1, 0.15) is 50.2 Å². The highest BCUT2D eigenvalue weighted by Crippen LogP contribution is 2.53. The number of fused-ring (bicyclic) bond motifs is 7. The van der Waals surface area contributed by atoms with Crippen LogP contribution in [-0.4, -0.2) is 43.2 Å². The largest absolute Gasteiger partial charge is 0.493 e. The summed E-state index contributed by atoms with van der Waals surface area (Å²) in [5, 5.41) is 1.94. The van der Waals surface area contributed by atoms with Gasteiger partial charge in [-0.05, 0) is 40.5 Å². The highest BCUT2D eigenvalue weighted by molar-refractivity contribution is 6.18. The first-order chi connectivity index (χ1) is 15.1. The van der Waals surface area contributed by atoms with Crippen molar-refractivity contribution in [2.75, 3.05) is 26.6 Å². The predicted octanol–water partition coefficient (Wildman–Crippen LogP) is 4.96. The average molecular weight is 436 g/mol. The summed E-state index contributed by atoms with van der Waals surface area (Å²) in [6, 6.07) is 15.0. The van der Waals surface area contributed by atoms with E-state index in [0.29, 0.717) is 47.0 Å². The molecule has 3 aromatic rings. The lowest BCUT2D eigenvalue weighted by atomic mass is 9.82. The Labute approximate surface area is 185 Å². The number of ketones is 1. The molecule has 0 N–H and O–H groups in total. The van der Waals surface area contributed by atoms with Crippen LogP contribution in [0.25, 0.3) is 10.8 Å². The van der Waals surface area contributed by atoms with Crippen LogP contribution in [0, 0.1) is 0 Å². The number of hydrogen-bond donors (Lipinski definition) is 0. The number of amides is 1. The molecular formula is C25H22ClNO4. The molecule has 1 aliphatic carbocycles. The maximum Gasteiger partial charge on any atom is 0.254 e. The van der Waals surface area contributed by atoms with E-state index in [1.807, 2.05) is 36.4 Å². The Bertz CT molecular complexity index is 1220. The number of ether oxygens (including phenoxy) is 2. The summed E-state index contributed by atoms with van der Waals surface area (Å²) in [4.78, 5) is 29.2. The van der Waals surface area contributed by atoms with Gasteiger partial charge in [0.1, 0.15) is 0 Å². The van der Waals surface area contributed by atoms with Gasteiger partial charge in [-0.25, -0.2) is 0 Å². The van der Waals surface area contributed by atoms with E-state index in [9.17, 15) is 9.59 Å². The molecule has 1 amide bonds. The van der Waals surface area contributed by atoms with Crippen LogP contribution in [-0.2, 0) is 0 Å². The number of Topliss-reactive ketones (excluding diaryl/α,β-unsaturated/α-hetero) is 1. The maximum atomic E-state index is 13.9. The molecule has 0 bridgehead atoms. The molecule has 0 aromatic heterocycles. The molecule has 158 valence electrons. The van der Waals surface area contributed by atoms with Gasteiger partial charge in [-0.1, -0.05) is 36.4 Å². The Kier molecular flexibility index (Phi) is 4.86. The van der Waals surface area contributed by atoms with Gasteiger partial charge in [-0.3, -0.25) is 9.59 Å². The fraction of sp³-hybridized carbons (Fsp3) is 0.280. The number of hydrogen-bond acceptors (Lipinski definition) is 4. The Balaban J connectivity index is 1.77. The fourth-order valence-corrected chi connectivity index (χ4v) is 5.16. The van der Waals surface area contributed by atoms with E-state index in [2.05, 4.69) is 0 Å². The van der Waals surface area contributed by atoms with Crippen LogP contribution < -0.4 is 9.47 Å². The van der Waals surface area contributed by atoms with Crippen molar-refractivity contribution in [2.45, 2.75) is 18.4 Å². The van der Waals surface area contributed by atoms with E-state index >= 15 is 0 Å². The first-order valence-electron chi connectivity index (χ1n) is 10.3. The minimum atomic E-state index is -0.483. The van der Waals surface area contributed by atoms with Crippen molar-refractivity contribution >= 4 is 34.1 Å². The number of alkyl halides is 1. The van der Waals surface area contributed by atoms with Crippen LogP contribution in [0.5, 0.6) is 11.5 Å². The zero-order valence-electron chi connectivity index (χ0n) is 17.4. The SMILES string of the molecule is COc1cc2c(cc1OC)[C@H]1C(=O)c3c(ccc4ccccc34)[C@H]1N(CCCCl)C2=O. The van der Waals surface area contributed by atoms with E-state index in [0.717, 1.165) is 16.3 Å². The number of nitrogens with zero attached hydrogens (tertiary/aromatic N) is 1. The second kappa shape index (κ2) is 7.57. The molecule has 5 rings (SSSR count). The van der Waals surface area contributed by atoms with E-state index in [-0.39, 0.29) is 17.7 Å². The summed E-state index contributed by atoms with van der Waals surface area (Å²) in [6.07, 6.45) is 0.649. The summed E-state index contributed by atoms with van der Waals surface area (Å²) < 4.78 is 10.9. The monoisotopic (exact) mass is 435 g/mol. The fourth-order valence-electron chi connectivity index (χ4n) is 5.04. The van der Waals surface area contributed by atoms with Crippen molar-refractivity contribution in [3.8, 4) is 11.5 Å². The van der Waals surface area contributed by atoms with Crippen molar-refractivity contribution in [1.82, 2.24) is 4.90 Å². The van der Waals surface area contributed by atoms with Gasteiger partial charge < -0.3 is 14.4 Å². The topological polar surface area (TPSA) is 55.8 Å². The molecule has 0 unspecified atom stereocenters. The molecule has 3 aromatic carbocycles. The van der Waals surface area contributed by atoms with Crippen LogP contribution in [0.2, 0.25) is 0 Å². The lowest BCUT2D eigenvalue weighted by Gasteiger charge is -2.38. The first kappa shape index (κ1) is 19.9. The maximum absolute atomic E-state index is 13.9. The smallest absolute Gasteiger partial charge is 0.254 e. The van der Waals surface area contributed by atoms with E-state index in [1.54, 1.807) is 24.1 Å². The Morgan fingerprint density at radius 3 is 2.45 bits per heavy atom. The normalized spacial score (nSPS) is 19.3. The number of halogens is 1. The molecule has 0 spiro atoms. The van der Waals surface area contributed by atoms with E-state index in [4.69, 9.17) is 21.1 Å². The highest BCUT2D eigenvalue weighted by atomic mass is 35.5. The lowest BCUT2D eigenvalue weighted by Crippen LogP contribution is -2.42. The van der Waals surface area contributed by atoms with Gasteiger partial charge in [0.15, 0.2) is 17.3 Å². The van der Waals surface area contributed by atoms with E-state index in [1.165, 1.54) is 7.11 Å². The molecule has 0 radical (unpaired) electrons. The number of carbonyl (C=O) groups excluding carboxylic acids is 2. The summed E-state index contributed by atoms with van der Waals surface area (Å²) in [5.41, 5.74) is 2.79. The number of benzene rings is 3. The standard InChI is InChI=1S/C25H22ClNO4/c1-30-19-12-17-18(13-20(19)31-2)25(29)27(11-5-10-26)23-16-9-8-14-6-3-4-7-15(14)21(16)24(28)22(17)23/h3-4,6-9,12-13,22-23H,5,10-11H2,1-2H3/t22-,23-/m1/s1. The van der Waals surface area contributed by atoms with Crippen LogP contribution in [0.3, 0.4) is 0 Å². The first-order valence-corrected chi connectivity index (χ1v) is 10.8. The van der Waals surface area contributed by atoms with Gasteiger partial charge in [0.2, 0.25) is 0 Å². The third-order valence-corrected chi connectivity index (χ3v) is 6.64. The lowest BCUT2D eigenvalue weighted by molar-refractivity contribution is 0.0607. The molecule has 2 aliphatic rings. The second-order valence-corrected chi connectivity index (χ2v) is 8.25. The summed E-state index contributed by atoms with van der Waals surface area (Å²) >= 11 is 5.96. The average Bonchev–Trinajstić information content (AvgIpc) is 3.11. The van der Waals surface area contributed by atoms with Gasteiger partial charge in [-0.15, -0.1) is 11.6 Å². The molecule has 2 atom stereocenters. The number of methoxy groups -OCH3 is 2. The summed E-state index contributed by atoms with van der Waals surface area (Å²) in [5.74, 6) is 0.862. The molecule has 1 heterocycles. The highest BCUT2D eigenvalue weighted by Gasteiger charge is 2.50. The van der Waals surface area contributed by atoms with Crippen molar-refractivity contribution in [3.63, 3.8) is 0 Å². The zero-order chi connectivity index (χ0) is 21.7. The van der Waals surface area contributed by atoms with Crippen molar-refractivity contribution in [2.24, 2.45) is 0 Å². The molecule has 1 aliphatic heterocycles. The van der Waals surface area contributed by atoms with Gasteiger partial charge in [-0.2, -0.15) is 0 Å². The quantitative estimate of drug-likeness (QED) is 0.531. The van der Waals surface area contributed by atoms with Gasteiger partial charge >= 0.3 is 0 Å². The molecule has 6 heteroatoms. The molecular weight excluding hydrogens is 414 g/mol. The number of rotatable bonds is 5. The van der Waals surface area contributed by atoms with Crippen LogP contribution in [0.4, 0.5) is 0 Å². The van der Waals surface area contributed by atoms with Crippen molar-refractivity contribution in [3.05, 3.63) is 70.8 Å². The van der Waals surface area contributed by atoms with Crippen molar-refractivity contribution < 1.29 is 19.1 Å². The van der Waals surface area contributed by atoms with E-state index < -0.39 is 5.92 Å². The third kappa shape index (κ3) is 2.83. The zero-order valence-corrected chi connectivity index (χ0v) is 18.1. The Morgan fingerprint density at radius 1 is 0.968 bits per heavy atom. The number of carbonyl (C=O) groups is 2. The molecule has 31 heavy (non-hydrogen) atoms. The predicted molar refractivity (Wildman–Crippen MR) is 120 cm³/mol. The van der Waals surface area contributed by atoms with Crippen LogP contribution in [0.15, 0.2) is 48.5 Å². The molecule has 0 saturated carbocycles. The van der Waals surface area contributed by atoms with Gasteiger partial charge in [0.25, 0.3) is 5.91 Å². The van der Waals surface area contributed by atoms with Crippen molar-refractivity contribution in [1.29, 1.82) is 0 Å². The van der Waals surface area contributed by atoms with Gasteiger partial charge in [0.05, 0.1) is 26.2 Å².